The lowest BCUT2D eigenvalue weighted by Gasteiger charge is -2.14. The van der Waals surface area contributed by atoms with Crippen LogP contribution in [-0.4, -0.2) is 61.7 Å². The van der Waals surface area contributed by atoms with E-state index in [9.17, 15) is 20.0 Å². The van der Waals surface area contributed by atoms with Crippen LogP contribution in [0, 0.1) is 10.1 Å². The molecule has 17 heavy (non-hydrogen) atoms. The number of aliphatic hydroxyl groups is 1. The normalized spacial score (nSPS) is 14.1. The topological polar surface area (TPSA) is 108 Å². The Hall–Kier alpha value is -1.25. The van der Waals surface area contributed by atoms with Crippen molar-refractivity contribution in [1.29, 1.82) is 0 Å². The summed E-state index contributed by atoms with van der Waals surface area (Å²) in [6, 6.07) is -1.82. The lowest BCUT2D eigenvalue weighted by molar-refractivity contribution is -0.522. The second kappa shape index (κ2) is 8.85. The molecule has 2 unspecified atom stereocenters. The molecule has 0 saturated carbocycles. The molecule has 0 aromatic rings. The predicted octanol–water partition coefficient (Wildman–Crippen LogP) is -0.781. The molecule has 0 saturated heterocycles. The van der Waals surface area contributed by atoms with Crippen molar-refractivity contribution in [2.24, 2.45) is 0 Å². The van der Waals surface area contributed by atoms with Crippen molar-refractivity contribution < 1.29 is 29.0 Å². The van der Waals surface area contributed by atoms with E-state index in [1.54, 1.807) is 0 Å². The fourth-order valence-corrected chi connectivity index (χ4v) is 1.05. The number of aliphatic hydroxyl groups excluding tert-OH is 1. The third kappa shape index (κ3) is 6.15. The highest BCUT2D eigenvalue weighted by molar-refractivity contribution is 5.75. The fraction of sp³-hybridized carbons (Fsp3) is 0.889. The molecule has 1 N–H and O–H groups in total. The van der Waals surface area contributed by atoms with Crippen LogP contribution >= 0.6 is 0 Å². The maximum absolute atomic E-state index is 11.2. The van der Waals surface area contributed by atoms with Gasteiger partial charge in [0.25, 0.3) is 0 Å². The monoisotopic (exact) mass is 251 g/mol. The summed E-state index contributed by atoms with van der Waals surface area (Å²) in [7, 11) is 1.47. The first-order valence-electron chi connectivity index (χ1n) is 5.09. The van der Waals surface area contributed by atoms with E-state index in [0.29, 0.717) is 6.61 Å². The summed E-state index contributed by atoms with van der Waals surface area (Å²) < 4.78 is 14.1. The molecule has 0 aliphatic heterocycles. The molecule has 2 atom stereocenters. The molecule has 0 heterocycles. The molecule has 0 fully saturated rings. The Morgan fingerprint density at radius 2 is 2.12 bits per heavy atom. The van der Waals surface area contributed by atoms with Crippen LogP contribution in [0.3, 0.4) is 0 Å². The van der Waals surface area contributed by atoms with E-state index in [1.165, 1.54) is 14.0 Å². The first-order chi connectivity index (χ1) is 8.04. The number of nitro groups is 1. The van der Waals surface area contributed by atoms with E-state index in [-0.39, 0.29) is 19.8 Å². The molecule has 0 bridgehead atoms. The Kier molecular flexibility index (Phi) is 8.20. The van der Waals surface area contributed by atoms with Crippen LogP contribution in [0.15, 0.2) is 0 Å². The molecule has 0 aromatic heterocycles. The number of hydrogen-bond acceptors (Lipinski definition) is 7. The molecule has 100 valence electrons. The van der Waals surface area contributed by atoms with Crippen molar-refractivity contribution in [3.05, 3.63) is 10.1 Å². The number of hydrogen-bond donors (Lipinski definition) is 1. The minimum Gasteiger partial charge on any atom is -0.461 e. The van der Waals surface area contributed by atoms with E-state index in [1.807, 2.05) is 0 Å². The first kappa shape index (κ1) is 15.8. The largest absolute Gasteiger partial charge is 0.461 e. The minimum absolute atomic E-state index is 0.0143. The molecule has 8 heteroatoms. The van der Waals surface area contributed by atoms with Crippen molar-refractivity contribution in [1.82, 2.24) is 0 Å². The Morgan fingerprint density at radius 1 is 1.47 bits per heavy atom. The number of carbonyl (C=O) groups excluding carboxylic acids is 1. The zero-order valence-corrected chi connectivity index (χ0v) is 9.83. The van der Waals surface area contributed by atoms with Crippen LogP contribution in [0.1, 0.15) is 6.92 Å². The molecule has 0 aliphatic carbocycles. The van der Waals surface area contributed by atoms with E-state index in [2.05, 4.69) is 9.47 Å². The van der Waals surface area contributed by atoms with Gasteiger partial charge in [0.05, 0.1) is 26.4 Å². The Labute approximate surface area is 98.6 Å². The van der Waals surface area contributed by atoms with Gasteiger partial charge in [0, 0.05) is 12.0 Å². The number of carbonyl (C=O) groups is 1. The standard InChI is InChI=1S/C9H17NO7/c1-3-17-9(12)8(10(13)14)7(11)6-16-5-4-15-2/h7-8,11H,3-6H2,1-2H3. The highest BCUT2D eigenvalue weighted by atomic mass is 16.6. The summed E-state index contributed by atoms with van der Waals surface area (Å²) in [5, 5.41) is 20.1. The Balaban J connectivity index is 4.20. The van der Waals surface area contributed by atoms with Gasteiger partial charge in [-0.15, -0.1) is 0 Å². The van der Waals surface area contributed by atoms with Crippen LogP contribution < -0.4 is 0 Å². The lowest BCUT2D eigenvalue weighted by atomic mass is 10.2. The van der Waals surface area contributed by atoms with Gasteiger partial charge in [0.1, 0.15) is 0 Å². The molecule has 0 aliphatic rings. The van der Waals surface area contributed by atoms with E-state index >= 15 is 0 Å². The van der Waals surface area contributed by atoms with E-state index < -0.39 is 23.0 Å². The second-order valence-electron chi connectivity index (χ2n) is 3.12. The maximum Gasteiger partial charge on any atom is 0.384 e. The van der Waals surface area contributed by atoms with Crippen LogP contribution in [0.2, 0.25) is 0 Å². The highest BCUT2D eigenvalue weighted by Gasteiger charge is 2.39. The van der Waals surface area contributed by atoms with Crippen LogP contribution in [-0.2, 0) is 19.0 Å². The summed E-state index contributed by atoms with van der Waals surface area (Å²) >= 11 is 0. The average molecular weight is 251 g/mol. The number of nitrogens with zero attached hydrogens (tertiary/aromatic N) is 1. The van der Waals surface area contributed by atoms with Gasteiger partial charge in [-0.1, -0.05) is 0 Å². The zero-order valence-electron chi connectivity index (χ0n) is 9.83. The fourth-order valence-electron chi connectivity index (χ4n) is 1.05. The van der Waals surface area contributed by atoms with E-state index in [4.69, 9.17) is 4.74 Å². The van der Waals surface area contributed by atoms with Crippen molar-refractivity contribution >= 4 is 5.97 Å². The van der Waals surface area contributed by atoms with Gasteiger partial charge in [-0.3, -0.25) is 10.1 Å². The molecular formula is C9H17NO7. The van der Waals surface area contributed by atoms with Gasteiger partial charge in [0.2, 0.25) is 0 Å². The lowest BCUT2D eigenvalue weighted by Crippen LogP contribution is -2.44. The van der Waals surface area contributed by atoms with Gasteiger partial charge in [-0.25, -0.2) is 4.79 Å². The van der Waals surface area contributed by atoms with Crippen LogP contribution in [0.4, 0.5) is 0 Å². The van der Waals surface area contributed by atoms with Crippen molar-refractivity contribution in [3.63, 3.8) is 0 Å². The van der Waals surface area contributed by atoms with Crippen LogP contribution in [0.25, 0.3) is 0 Å². The summed E-state index contributed by atoms with van der Waals surface area (Å²) in [5.41, 5.74) is 0. The quantitative estimate of drug-likeness (QED) is 0.248. The third-order valence-electron chi connectivity index (χ3n) is 1.84. The van der Waals surface area contributed by atoms with Crippen molar-refractivity contribution in [3.8, 4) is 0 Å². The van der Waals surface area contributed by atoms with Gasteiger partial charge < -0.3 is 19.3 Å². The average Bonchev–Trinajstić information content (AvgIpc) is 2.24. The Bertz CT molecular complexity index is 245. The smallest absolute Gasteiger partial charge is 0.384 e. The molecule has 0 rings (SSSR count). The molecule has 0 aromatic carbocycles. The first-order valence-corrected chi connectivity index (χ1v) is 5.09. The van der Waals surface area contributed by atoms with Gasteiger partial charge in [-0.05, 0) is 6.92 Å². The predicted molar refractivity (Wildman–Crippen MR) is 56.1 cm³/mol. The number of ether oxygens (including phenoxy) is 3. The number of esters is 1. The summed E-state index contributed by atoms with van der Waals surface area (Å²) in [4.78, 5) is 20.9. The number of rotatable bonds is 9. The summed E-state index contributed by atoms with van der Waals surface area (Å²) in [6.45, 7) is 1.70. The summed E-state index contributed by atoms with van der Waals surface area (Å²) in [5.74, 6) is -1.07. The van der Waals surface area contributed by atoms with Gasteiger partial charge in [0.15, 0.2) is 6.10 Å². The molecular weight excluding hydrogens is 234 g/mol. The third-order valence-corrected chi connectivity index (χ3v) is 1.84. The summed E-state index contributed by atoms with van der Waals surface area (Å²) in [6.07, 6.45) is -1.54. The van der Waals surface area contributed by atoms with Crippen molar-refractivity contribution in [2.45, 2.75) is 19.1 Å². The van der Waals surface area contributed by atoms with Crippen molar-refractivity contribution in [2.75, 3.05) is 33.5 Å². The van der Waals surface area contributed by atoms with Gasteiger partial charge in [-0.2, -0.15) is 0 Å². The van der Waals surface area contributed by atoms with Gasteiger partial charge >= 0.3 is 12.0 Å². The SMILES string of the molecule is CCOC(=O)C(C(O)COCCOC)[N+](=O)[O-]. The Morgan fingerprint density at radius 3 is 2.59 bits per heavy atom. The maximum atomic E-state index is 11.2. The molecule has 0 radical (unpaired) electrons. The highest BCUT2D eigenvalue weighted by Crippen LogP contribution is 2.03. The molecule has 8 nitrogen and oxygen atoms in total. The second-order valence-corrected chi connectivity index (χ2v) is 3.12. The zero-order chi connectivity index (χ0) is 13.3. The minimum atomic E-state index is -1.82. The van der Waals surface area contributed by atoms with E-state index in [0.717, 1.165) is 0 Å². The molecule has 0 amide bonds. The van der Waals surface area contributed by atoms with Crippen LogP contribution in [0.5, 0.6) is 0 Å². The molecule has 0 spiro atoms. The number of methoxy groups -OCH3 is 1.